The number of amides is 2. The molecule has 0 aliphatic carbocycles. The number of thiazole rings is 1. The lowest BCUT2D eigenvalue weighted by Gasteiger charge is -2.33. The fourth-order valence-electron chi connectivity index (χ4n) is 2.31. The van der Waals surface area contributed by atoms with Crippen molar-refractivity contribution >= 4 is 17.4 Å². The molecule has 23 heavy (non-hydrogen) atoms. The van der Waals surface area contributed by atoms with E-state index in [0.29, 0.717) is 13.0 Å². The number of nitrogens with zero attached hydrogens (tertiary/aromatic N) is 1. The molecule has 0 radical (unpaired) electrons. The number of aliphatic hydroxyl groups is 1. The van der Waals surface area contributed by atoms with Gasteiger partial charge in [0.1, 0.15) is 0 Å². The maximum Gasteiger partial charge on any atom is 0.315 e. The van der Waals surface area contributed by atoms with Crippen LogP contribution in [0.2, 0.25) is 0 Å². The molecule has 0 aliphatic rings. The fraction of sp³-hybridized carbons (Fsp3) is 0.412. The molecule has 3 N–H and O–H groups in total. The average molecular weight is 333 g/mol. The fourth-order valence-corrected chi connectivity index (χ4v) is 2.93. The van der Waals surface area contributed by atoms with Gasteiger partial charge in [-0.25, -0.2) is 9.78 Å². The highest BCUT2D eigenvalue weighted by Gasteiger charge is 2.31. The van der Waals surface area contributed by atoms with E-state index in [0.717, 1.165) is 10.6 Å². The van der Waals surface area contributed by atoms with Crippen LogP contribution in [-0.4, -0.2) is 29.3 Å². The van der Waals surface area contributed by atoms with Crippen LogP contribution in [0.1, 0.15) is 30.5 Å². The quantitative estimate of drug-likeness (QED) is 0.729. The number of nitrogens with one attached hydrogen (secondary N) is 2. The Kier molecular flexibility index (Phi) is 6.12. The molecule has 5 nitrogen and oxygen atoms in total. The van der Waals surface area contributed by atoms with E-state index >= 15 is 0 Å². The van der Waals surface area contributed by atoms with Gasteiger partial charge in [0, 0.05) is 30.0 Å². The topological polar surface area (TPSA) is 74.2 Å². The van der Waals surface area contributed by atoms with Crippen molar-refractivity contribution < 1.29 is 9.90 Å². The number of benzene rings is 1. The van der Waals surface area contributed by atoms with Crippen LogP contribution in [-0.2, 0) is 6.42 Å². The lowest BCUT2D eigenvalue weighted by molar-refractivity contribution is 0.118. The predicted molar refractivity (Wildman–Crippen MR) is 92.4 cm³/mol. The molecule has 2 aromatic rings. The SMILES string of the molecule is CC(C)(CO)[C@H](NC(=O)NCCc1nccs1)c1ccccc1. The van der Waals surface area contributed by atoms with Crippen LogP contribution < -0.4 is 10.6 Å². The van der Waals surface area contributed by atoms with E-state index in [1.165, 1.54) is 0 Å². The van der Waals surface area contributed by atoms with E-state index in [4.69, 9.17) is 0 Å². The third-order valence-electron chi connectivity index (χ3n) is 3.71. The largest absolute Gasteiger partial charge is 0.396 e. The Morgan fingerprint density at radius 2 is 2.09 bits per heavy atom. The smallest absolute Gasteiger partial charge is 0.315 e. The summed E-state index contributed by atoms with van der Waals surface area (Å²) >= 11 is 1.58. The van der Waals surface area contributed by atoms with E-state index < -0.39 is 5.41 Å². The Hall–Kier alpha value is -1.92. The second-order valence-electron chi connectivity index (χ2n) is 6.07. The summed E-state index contributed by atoms with van der Waals surface area (Å²) in [6, 6.07) is 9.19. The Bertz CT molecular complexity index is 600. The second-order valence-corrected chi connectivity index (χ2v) is 7.05. The van der Waals surface area contributed by atoms with Gasteiger partial charge in [0.15, 0.2) is 0 Å². The van der Waals surface area contributed by atoms with E-state index in [2.05, 4.69) is 15.6 Å². The molecule has 2 amide bonds. The third-order valence-corrected chi connectivity index (χ3v) is 4.54. The zero-order chi connectivity index (χ0) is 16.7. The molecular weight excluding hydrogens is 310 g/mol. The van der Waals surface area contributed by atoms with Gasteiger partial charge in [-0.1, -0.05) is 44.2 Å². The molecule has 0 saturated carbocycles. The number of urea groups is 1. The van der Waals surface area contributed by atoms with Crippen LogP contribution in [0.25, 0.3) is 0 Å². The lowest BCUT2D eigenvalue weighted by Crippen LogP contribution is -2.45. The summed E-state index contributed by atoms with van der Waals surface area (Å²) in [6.07, 6.45) is 2.47. The van der Waals surface area contributed by atoms with Crippen LogP contribution in [0.3, 0.4) is 0 Å². The number of carbonyl (C=O) groups excluding carboxylic acids is 1. The average Bonchev–Trinajstić information content (AvgIpc) is 3.06. The standard InChI is InChI=1S/C17H23N3O2S/c1-17(2,12-21)15(13-6-4-3-5-7-13)20-16(22)19-9-8-14-18-10-11-23-14/h3-7,10-11,15,21H,8-9,12H2,1-2H3,(H2,19,20,22)/t15-/m1/s1. The molecular formula is C17H23N3O2S. The molecule has 0 spiro atoms. The highest BCUT2D eigenvalue weighted by atomic mass is 32.1. The molecule has 0 aliphatic heterocycles. The highest BCUT2D eigenvalue weighted by molar-refractivity contribution is 7.09. The number of aliphatic hydroxyl groups excluding tert-OH is 1. The summed E-state index contributed by atoms with van der Waals surface area (Å²) in [5.74, 6) is 0. The minimum absolute atomic E-state index is 0.0219. The molecule has 0 saturated heterocycles. The third kappa shape index (κ3) is 5.04. The Labute approximate surface area is 140 Å². The summed E-state index contributed by atoms with van der Waals surface area (Å²) in [7, 11) is 0. The van der Waals surface area contributed by atoms with Crippen molar-refractivity contribution in [2.45, 2.75) is 26.3 Å². The van der Waals surface area contributed by atoms with Gasteiger partial charge in [-0.05, 0) is 5.56 Å². The van der Waals surface area contributed by atoms with Gasteiger partial charge in [-0.2, -0.15) is 0 Å². The molecule has 0 fully saturated rings. The van der Waals surface area contributed by atoms with Crippen molar-refractivity contribution in [1.29, 1.82) is 0 Å². The Morgan fingerprint density at radius 1 is 1.35 bits per heavy atom. The van der Waals surface area contributed by atoms with E-state index in [1.54, 1.807) is 17.5 Å². The maximum absolute atomic E-state index is 12.2. The van der Waals surface area contributed by atoms with E-state index in [1.807, 2.05) is 49.6 Å². The number of aromatic nitrogens is 1. The number of hydrogen-bond donors (Lipinski definition) is 3. The molecule has 1 aromatic heterocycles. The van der Waals surface area contributed by atoms with Gasteiger partial charge in [-0.15, -0.1) is 11.3 Å². The number of hydrogen-bond acceptors (Lipinski definition) is 4. The van der Waals surface area contributed by atoms with Crippen molar-refractivity contribution in [3.63, 3.8) is 0 Å². The predicted octanol–water partition coefficient (Wildman–Crippen LogP) is 2.74. The molecule has 0 unspecified atom stereocenters. The first-order valence-corrected chi connectivity index (χ1v) is 8.49. The zero-order valence-corrected chi connectivity index (χ0v) is 14.3. The van der Waals surface area contributed by atoms with Crippen LogP contribution in [0.15, 0.2) is 41.9 Å². The van der Waals surface area contributed by atoms with Gasteiger partial charge < -0.3 is 15.7 Å². The van der Waals surface area contributed by atoms with E-state index in [-0.39, 0.29) is 18.7 Å². The van der Waals surface area contributed by atoms with E-state index in [9.17, 15) is 9.90 Å². The first-order valence-electron chi connectivity index (χ1n) is 7.61. The summed E-state index contributed by atoms with van der Waals surface area (Å²) in [5, 5.41) is 18.4. The van der Waals surface area contributed by atoms with Crippen LogP contribution >= 0.6 is 11.3 Å². The molecule has 6 heteroatoms. The first kappa shape index (κ1) is 17.4. The minimum atomic E-state index is -0.464. The molecule has 1 heterocycles. The summed E-state index contributed by atoms with van der Waals surface area (Å²) in [5.41, 5.74) is 0.509. The lowest BCUT2D eigenvalue weighted by atomic mass is 9.81. The maximum atomic E-state index is 12.2. The normalized spacial score (nSPS) is 12.7. The molecule has 124 valence electrons. The Morgan fingerprint density at radius 3 is 2.70 bits per heavy atom. The summed E-state index contributed by atoms with van der Waals surface area (Å²) < 4.78 is 0. The van der Waals surface area contributed by atoms with Crippen molar-refractivity contribution in [3.05, 3.63) is 52.5 Å². The van der Waals surface area contributed by atoms with Crippen molar-refractivity contribution in [2.75, 3.05) is 13.2 Å². The van der Waals surface area contributed by atoms with Gasteiger partial charge in [0.2, 0.25) is 0 Å². The molecule has 1 aromatic carbocycles. The monoisotopic (exact) mass is 333 g/mol. The van der Waals surface area contributed by atoms with Crippen LogP contribution in [0.4, 0.5) is 4.79 Å². The Balaban J connectivity index is 1.96. The number of carbonyl (C=O) groups is 1. The van der Waals surface area contributed by atoms with Gasteiger partial charge in [-0.3, -0.25) is 0 Å². The highest BCUT2D eigenvalue weighted by Crippen LogP contribution is 2.32. The van der Waals surface area contributed by atoms with Gasteiger partial charge in [0.05, 0.1) is 17.7 Å². The minimum Gasteiger partial charge on any atom is -0.396 e. The van der Waals surface area contributed by atoms with Crippen molar-refractivity contribution in [3.8, 4) is 0 Å². The van der Waals surface area contributed by atoms with Gasteiger partial charge >= 0.3 is 6.03 Å². The van der Waals surface area contributed by atoms with Crippen LogP contribution in [0, 0.1) is 5.41 Å². The molecule has 2 rings (SSSR count). The zero-order valence-electron chi connectivity index (χ0n) is 13.5. The van der Waals surface area contributed by atoms with Crippen molar-refractivity contribution in [1.82, 2.24) is 15.6 Å². The summed E-state index contributed by atoms with van der Waals surface area (Å²) in [6.45, 7) is 4.37. The molecule has 1 atom stereocenters. The number of rotatable bonds is 7. The first-order chi connectivity index (χ1) is 11.0. The van der Waals surface area contributed by atoms with Crippen molar-refractivity contribution in [2.24, 2.45) is 5.41 Å². The van der Waals surface area contributed by atoms with Crippen LogP contribution in [0.5, 0.6) is 0 Å². The summed E-state index contributed by atoms with van der Waals surface area (Å²) in [4.78, 5) is 16.4. The van der Waals surface area contributed by atoms with Gasteiger partial charge in [0.25, 0.3) is 0 Å². The molecule has 0 bridgehead atoms. The second kappa shape index (κ2) is 8.08.